The molecule has 1 N–H and O–H groups in total. The summed E-state index contributed by atoms with van der Waals surface area (Å²) >= 11 is 1.41. The molecule has 8 heteroatoms. The van der Waals surface area contributed by atoms with Crippen molar-refractivity contribution in [1.29, 1.82) is 0 Å². The van der Waals surface area contributed by atoms with E-state index in [2.05, 4.69) is 10.3 Å². The molecular weight excluding hydrogens is 368 g/mol. The first-order valence-corrected chi connectivity index (χ1v) is 9.56. The van der Waals surface area contributed by atoms with Gasteiger partial charge in [-0.25, -0.2) is 4.98 Å². The summed E-state index contributed by atoms with van der Waals surface area (Å²) in [6.45, 7) is 2.19. The van der Waals surface area contributed by atoms with Gasteiger partial charge in [-0.3, -0.25) is 14.9 Å². The van der Waals surface area contributed by atoms with Gasteiger partial charge in [-0.15, -0.1) is 11.3 Å². The molecule has 2 aromatic rings. The fraction of sp³-hybridized carbons (Fsp3) is 0.421. The second-order valence-electron chi connectivity index (χ2n) is 6.10. The van der Waals surface area contributed by atoms with Gasteiger partial charge in [-0.05, 0) is 44.4 Å². The third kappa shape index (κ3) is 4.21. The summed E-state index contributed by atoms with van der Waals surface area (Å²) in [6.07, 6.45) is 2.04. The van der Waals surface area contributed by atoms with Gasteiger partial charge in [0.05, 0.1) is 32.4 Å². The third-order valence-corrected chi connectivity index (χ3v) is 5.46. The van der Waals surface area contributed by atoms with Crippen LogP contribution in [0.3, 0.4) is 0 Å². The molecule has 1 atom stereocenters. The fourth-order valence-corrected chi connectivity index (χ4v) is 4.12. The molecule has 0 saturated carbocycles. The molecule has 0 aliphatic heterocycles. The lowest BCUT2D eigenvalue weighted by Gasteiger charge is -2.18. The minimum Gasteiger partial charge on any atom is -0.493 e. The Morgan fingerprint density at radius 3 is 2.74 bits per heavy atom. The zero-order valence-corrected chi connectivity index (χ0v) is 16.4. The van der Waals surface area contributed by atoms with Crippen molar-refractivity contribution in [3.63, 3.8) is 0 Å². The number of amides is 1. The Morgan fingerprint density at radius 2 is 2.04 bits per heavy atom. The van der Waals surface area contributed by atoms with Crippen molar-refractivity contribution < 1.29 is 23.8 Å². The van der Waals surface area contributed by atoms with E-state index in [4.69, 9.17) is 14.2 Å². The fourth-order valence-electron chi connectivity index (χ4n) is 3.04. The molecule has 1 amide bonds. The Balaban J connectivity index is 1.71. The van der Waals surface area contributed by atoms with Crippen molar-refractivity contribution in [2.45, 2.75) is 26.2 Å². The summed E-state index contributed by atoms with van der Waals surface area (Å²) in [6, 6.07) is 4.98. The quantitative estimate of drug-likeness (QED) is 0.763. The summed E-state index contributed by atoms with van der Waals surface area (Å²) in [5, 5.41) is 3.36. The van der Waals surface area contributed by atoms with Crippen LogP contribution in [0.1, 0.15) is 34.3 Å². The molecule has 0 saturated heterocycles. The van der Waals surface area contributed by atoms with Crippen LogP contribution in [-0.4, -0.2) is 37.7 Å². The van der Waals surface area contributed by atoms with E-state index in [1.165, 1.54) is 18.4 Å². The van der Waals surface area contributed by atoms with E-state index in [1.54, 1.807) is 32.2 Å². The summed E-state index contributed by atoms with van der Waals surface area (Å²) in [7, 11) is 3.07. The van der Waals surface area contributed by atoms with E-state index < -0.39 is 0 Å². The molecule has 0 radical (unpaired) electrons. The number of nitrogens with zero attached hydrogens (tertiary/aromatic N) is 1. The van der Waals surface area contributed by atoms with Crippen molar-refractivity contribution in [1.82, 2.24) is 4.98 Å². The first-order valence-electron chi connectivity index (χ1n) is 8.74. The van der Waals surface area contributed by atoms with Crippen LogP contribution in [0.4, 0.5) is 5.13 Å². The molecule has 1 aromatic heterocycles. The highest BCUT2D eigenvalue weighted by molar-refractivity contribution is 7.15. The number of anilines is 1. The Labute approximate surface area is 161 Å². The maximum Gasteiger partial charge on any atom is 0.309 e. The molecule has 3 rings (SSSR count). The number of benzene rings is 1. The number of methoxy groups -OCH3 is 2. The molecule has 1 heterocycles. The molecule has 1 aliphatic carbocycles. The molecule has 144 valence electrons. The second kappa shape index (κ2) is 8.39. The normalized spacial score (nSPS) is 15.6. The lowest BCUT2D eigenvalue weighted by atomic mass is 9.91. The number of esters is 1. The van der Waals surface area contributed by atoms with Gasteiger partial charge in [0, 0.05) is 10.4 Å². The number of thiazole rings is 1. The van der Waals surface area contributed by atoms with Crippen LogP contribution in [-0.2, 0) is 22.4 Å². The Morgan fingerprint density at radius 1 is 1.26 bits per heavy atom. The molecule has 0 bridgehead atoms. The number of hydrogen-bond donors (Lipinski definition) is 1. The van der Waals surface area contributed by atoms with E-state index >= 15 is 0 Å². The molecule has 27 heavy (non-hydrogen) atoms. The lowest BCUT2D eigenvalue weighted by molar-refractivity contribution is -0.148. The van der Waals surface area contributed by atoms with E-state index in [9.17, 15) is 9.59 Å². The van der Waals surface area contributed by atoms with Gasteiger partial charge in [0.25, 0.3) is 5.91 Å². The Hall–Kier alpha value is -2.61. The van der Waals surface area contributed by atoms with Crippen LogP contribution in [0.25, 0.3) is 0 Å². The van der Waals surface area contributed by atoms with Gasteiger partial charge >= 0.3 is 5.97 Å². The Kier molecular flexibility index (Phi) is 5.95. The zero-order chi connectivity index (χ0) is 19.4. The number of ether oxygens (including phenoxy) is 3. The number of aromatic nitrogens is 1. The highest BCUT2D eigenvalue weighted by atomic mass is 32.1. The number of carbonyl (C=O) groups is 2. The number of fused-ring (bicyclic) bond motifs is 1. The van der Waals surface area contributed by atoms with Crippen LogP contribution in [0.5, 0.6) is 11.5 Å². The topological polar surface area (TPSA) is 86.8 Å². The van der Waals surface area contributed by atoms with Crippen LogP contribution >= 0.6 is 11.3 Å². The van der Waals surface area contributed by atoms with Crippen LogP contribution in [0.2, 0.25) is 0 Å². The molecule has 0 spiro atoms. The molecule has 1 aromatic carbocycles. The van der Waals surface area contributed by atoms with Crippen molar-refractivity contribution in [2.75, 3.05) is 26.1 Å². The van der Waals surface area contributed by atoms with Crippen LogP contribution < -0.4 is 14.8 Å². The molecule has 7 nitrogen and oxygen atoms in total. The average Bonchev–Trinajstić information content (AvgIpc) is 3.08. The maximum absolute atomic E-state index is 12.5. The third-order valence-electron chi connectivity index (χ3n) is 4.43. The number of carbonyl (C=O) groups excluding carboxylic acids is 2. The van der Waals surface area contributed by atoms with Crippen molar-refractivity contribution in [2.24, 2.45) is 5.92 Å². The standard InChI is InChI=1S/C19H22N2O5S/c1-4-26-18(23)12-5-7-13-16(10-12)27-19(20-13)21-17(22)11-6-8-14(24-2)15(9-11)25-3/h6,8-9,12H,4-5,7,10H2,1-3H3,(H,20,21,22). The largest absolute Gasteiger partial charge is 0.493 e. The molecule has 1 unspecified atom stereocenters. The Bertz CT molecular complexity index is 849. The summed E-state index contributed by atoms with van der Waals surface area (Å²) < 4.78 is 15.5. The monoisotopic (exact) mass is 390 g/mol. The minimum absolute atomic E-state index is 0.132. The van der Waals surface area contributed by atoms with Gasteiger partial charge in [0.15, 0.2) is 16.6 Å². The summed E-state index contributed by atoms with van der Waals surface area (Å²) in [4.78, 5) is 30.0. The van der Waals surface area contributed by atoms with Gasteiger partial charge in [-0.2, -0.15) is 0 Å². The predicted molar refractivity (Wildman–Crippen MR) is 102 cm³/mol. The first kappa shape index (κ1) is 19.2. The average molecular weight is 390 g/mol. The first-order chi connectivity index (χ1) is 13.0. The summed E-state index contributed by atoms with van der Waals surface area (Å²) in [5.74, 6) is 0.480. The predicted octanol–water partition coefficient (Wildman–Crippen LogP) is 3.08. The maximum atomic E-state index is 12.5. The van der Waals surface area contributed by atoms with Crippen molar-refractivity contribution in [3.05, 3.63) is 34.3 Å². The van der Waals surface area contributed by atoms with E-state index in [1.807, 2.05) is 0 Å². The lowest BCUT2D eigenvalue weighted by Crippen LogP contribution is -2.24. The van der Waals surface area contributed by atoms with Gasteiger partial charge in [-0.1, -0.05) is 0 Å². The van der Waals surface area contributed by atoms with Crippen LogP contribution in [0.15, 0.2) is 18.2 Å². The van der Waals surface area contributed by atoms with E-state index in [-0.39, 0.29) is 17.8 Å². The van der Waals surface area contributed by atoms with Crippen LogP contribution in [0, 0.1) is 5.92 Å². The molecule has 1 aliphatic rings. The van der Waals surface area contributed by atoms with Gasteiger partial charge in [0.2, 0.25) is 0 Å². The van der Waals surface area contributed by atoms with Gasteiger partial charge in [0.1, 0.15) is 0 Å². The number of aryl methyl sites for hydroxylation is 1. The molecular formula is C19H22N2O5S. The number of nitrogens with one attached hydrogen (secondary N) is 1. The number of rotatable bonds is 6. The van der Waals surface area contributed by atoms with Crippen molar-refractivity contribution in [3.8, 4) is 11.5 Å². The number of hydrogen-bond acceptors (Lipinski definition) is 7. The van der Waals surface area contributed by atoms with Gasteiger partial charge < -0.3 is 14.2 Å². The molecule has 0 fully saturated rings. The highest BCUT2D eigenvalue weighted by Gasteiger charge is 2.28. The minimum atomic E-state index is -0.274. The van der Waals surface area contributed by atoms with E-state index in [0.717, 1.165) is 17.0 Å². The zero-order valence-electron chi connectivity index (χ0n) is 15.5. The highest BCUT2D eigenvalue weighted by Crippen LogP contribution is 2.33. The van der Waals surface area contributed by atoms with E-state index in [0.29, 0.717) is 41.6 Å². The SMILES string of the molecule is CCOC(=O)C1CCc2nc(NC(=O)c3ccc(OC)c(OC)c3)sc2C1. The van der Waals surface area contributed by atoms with Crippen molar-refractivity contribution >= 4 is 28.3 Å². The smallest absolute Gasteiger partial charge is 0.309 e. The summed E-state index contributed by atoms with van der Waals surface area (Å²) in [5.41, 5.74) is 1.40. The second-order valence-corrected chi connectivity index (χ2v) is 7.19.